The highest BCUT2D eigenvalue weighted by Crippen LogP contribution is 2.26. The highest BCUT2D eigenvalue weighted by atomic mass is 32.2. The van der Waals surface area contributed by atoms with Crippen LogP contribution < -0.4 is 10.2 Å². The van der Waals surface area contributed by atoms with E-state index >= 15 is 0 Å². The largest absolute Gasteiger partial charge is 0.371 e. The van der Waals surface area contributed by atoms with Crippen LogP contribution in [0.15, 0.2) is 18.2 Å². The number of nitrogens with one attached hydrogen (secondary N) is 1. The quantitative estimate of drug-likeness (QED) is 0.921. The molecule has 1 aromatic rings. The summed E-state index contributed by atoms with van der Waals surface area (Å²) in [4.78, 5) is 2.49. The third-order valence-corrected chi connectivity index (χ3v) is 7.15. The Bertz CT molecular complexity index is 635. The predicted octanol–water partition coefficient (Wildman–Crippen LogP) is 2.44. The van der Waals surface area contributed by atoms with Crippen LogP contribution in [0.2, 0.25) is 0 Å². The second-order valence-electron chi connectivity index (χ2n) is 7.07. The van der Waals surface area contributed by atoms with Crippen LogP contribution in [0.4, 0.5) is 5.69 Å². The second kappa shape index (κ2) is 6.81. The summed E-state index contributed by atoms with van der Waals surface area (Å²) in [5.41, 5.74) is 4.11. The van der Waals surface area contributed by atoms with E-state index in [1.807, 2.05) is 0 Å². The first-order chi connectivity index (χ1) is 10.9. The normalized spacial score (nSPS) is 23.1. The van der Waals surface area contributed by atoms with Crippen LogP contribution in [0.3, 0.4) is 0 Å². The standard InChI is InChI=1S/C18H28N2O2S/c1-14-4-3-5-18(15(14)2)20-10-6-16(7-11-20)19-17-8-12-23(21,22)13-9-17/h3-5,16-17,19H,6-13H2,1-2H3. The monoisotopic (exact) mass is 336 g/mol. The Morgan fingerprint density at radius 3 is 2.26 bits per heavy atom. The molecule has 0 unspecified atom stereocenters. The summed E-state index contributed by atoms with van der Waals surface area (Å²) in [6, 6.07) is 7.45. The van der Waals surface area contributed by atoms with E-state index < -0.39 is 9.84 Å². The summed E-state index contributed by atoms with van der Waals surface area (Å²) < 4.78 is 23.0. The van der Waals surface area contributed by atoms with Crippen molar-refractivity contribution in [3.8, 4) is 0 Å². The molecule has 0 aliphatic carbocycles. The number of benzene rings is 1. The maximum absolute atomic E-state index is 11.5. The fourth-order valence-corrected chi connectivity index (χ4v) is 5.25. The number of piperidine rings is 1. The van der Waals surface area contributed by atoms with E-state index in [0.717, 1.165) is 38.8 Å². The molecule has 2 aliphatic rings. The van der Waals surface area contributed by atoms with E-state index in [-0.39, 0.29) is 0 Å². The van der Waals surface area contributed by atoms with Gasteiger partial charge in [-0.1, -0.05) is 12.1 Å². The Morgan fingerprint density at radius 1 is 1.00 bits per heavy atom. The van der Waals surface area contributed by atoms with E-state index in [9.17, 15) is 8.42 Å². The SMILES string of the molecule is Cc1cccc(N2CCC(NC3CCS(=O)(=O)CC3)CC2)c1C. The lowest BCUT2D eigenvalue weighted by Crippen LogP contribution is -2.48. The molecule has 0 amide bonds. The molecule has 128 valence electrons. The fraction of sp³-hybridized carbons (Fsp3) is 0.667. The maximum atomic E-state index is 11.5. The first kappa shape index (κ1) is 16.8. The zero-order valence-corrected chi connectivity index (χ0v) is 15.0. The summed E-state index contributed by atoms with van der Waals surface area (Å²) in [5, 5.41) is 3.70. The molecule has 0 bridgehead atoms. The molecule has 0 radical (unpaired) electrons. The lowest BCUT2D eigenvalue weighted by molar-refractivity contribution is 0.349. The van der Waals surface area contributed by atoms with Crippen LogP contribution in [0.5, 0.6) is 0 Å². The minimum atomic E-state index is -2.76. The van der Waals surface area contributed by atoms with Gasteiger partial charge in [0.1, 0.15) is 9.84 Å². The fourth-order valence-electron chi connectivity index (χ4n) is 3.76. The van der Waals surface area contributed by atoms with Gasteiger partial charge in [-0.25, -0.2) is 8.42 Å². The summed E-state index contributed by atoms with van der Waals surface area (Å²) in [6.07, 6.45) is 3.83. The van der Waals surface area contributed by atoms with Crippen molar-refractivity contribution < 1.29 is 8.42 Å². The van der Waals surface area contributed by atoms with Crippen molar-refractivity contribution in [3.63, 3.8) is 0 Å². The molecule has 2 saturated heterocycles. The van der Waals surface area contributed by atoms with Crippen molar-refractivity contribution in [2.75, 3.05) is 29.5 Å². The van der Waals surface area contributed by atoms with Crippen molar-refractivity contribution in [1.82, 2.24) is 5.32 Å². The highest BCUT2D eigenvalue weighted by molar-refractivity contribution is 7.91. The number of sulfone groups is 1. The summed E-state index contributed by atoms with van der Waals surface area (Å²) in [7, 11) is -2.76. The van der Waals surface area contributed by atoms with Crippen molar-refractivity contribution in [3.05, 3.63) is 29.3 Å². The number of nitrogens with zero attached hydrogens (tertiary/aromatic N) is 1. The van der Waals surface area contributed by atoms with Crippen molar-refractivity contribution >= 4 is 15.5 Å². The summed E-state index contributed by atoms with van der Waals surface area (Å²) in [6.45, 7) is 6.53. The number of rotatable bonds is 3. The number of aryl methyl sites for hydroxylation is 1. The molecule has 0 atom stereocenters. The Labute approximate surface area is 140 Å². The lowest BCUT2D eigenvalue weighted by atomic mass is 10.00. The molecule has 4 nitrogen and oxygen atoms in total. The smallest absolute Gasteiger partial charge is 0.150 e. The van der Waals surface area contributed by atoms with E-state index in [0.29, 0.717) is 23.6 Å². The number of hydrogen-bond acceptors (Lipinski definition) is 4. The van der Waals surface area contributed by atoms with E-state index in [2.05, 4.69) is 42.3 Å². The third kappa shape index (κ3) is 4.07. The third-order valence-electron chi connectivity index (χ3n) is 5.44. The van der Waals surface area contributed by atoms with Gasteiger partial charge in [-0.3, -0.25) is 0 Å². The molecule has 23 heavy (non-hydrogen) atoms. The molecule has 5 heteroatoms. The van der Waals surface area contributed by atoms with Crippen LogP contribution in [0, 0.1) is 13.8 Å². The molecule has 1 N–H and O–H groups in total. The number of hydrogen-bond donors (Lipinski definition) is 1. The molecule has 1 aromatic carbocycles. The van der Waals surface area contributed by atoms with Gasteiger partial charge in [-0.2, -0.15) is 0 Å². The Kier molecular flexibility index (Phi) is 4.97. The highest BCUT2D eigenvalue weighted by Gasteiger charge is 2.27. The topological polar surface area (TPSA) is 49.4 Å². The average molecular weight is 337 g/mol. The Morgan fingerprint density at radius 2 is 1.61 bits per heavy atom. The van der Waals surface area contributed by atoms with E-state index in [4.69, 9.17) is 0 Å². The molecular weight excluding hydrogens is 308 g/mol. The van der Waals surface area contributed by atoms with Gasteiger partial charge in [0.25, 0.3) is 0 Å². The second-order valence-corrected chi connectivity index (χ2v) is 9.38. The molecule has 3 rings (SSSR count). The first-order valence-corrected chi connectivity index (χ1v) is 10.5. The van der Waals surface area contributed by atoms with Crippen LogP contribution in [0.25, 0.3) is 0 Å². The van der Waals surface area contributed by atoms with Gasteiger partial charge in [-0.05, 0) is 56.7 Å². The summed E-state index contributed by atoms with van der Waals surface area (Å²) in [5.74, 6) is 0.706. The van der Waals surface area contributed by atoms with E-state index in [1.54, 1.807) is 0 Å². The summed E-state index contributed by atoms with van der Waals surface area (Å²) >= 11 is 0. The van der Waals surface area contributed by atoms with Crippen LogP contribution in [0.1, 0.15) is 36.8 Å². The first-order valence-electron chi connectivity index (χ1n) is 8.72. The lowest BCUT2D eigenvalue weighted by Gasteiger charge is -2.37. The minimum absolute atomic E-state index is 0.353. The minimum Gasteiger partial charge on any atom is -0.371 e. The van der Waals surface area contributed by atoms with Crippen LogP contribution in [-0.2, 0) is 9.84 Å². The van der Waals surface area contributed by atoms with E-state index in [1.165, 1.54) is 16.8 Å². The van der Waals surface area contributed by atoms with Crippen molar-refractivity contribution in [2.45, 2.75) is 51.6 Å². The van der Waals surface area contributed by atoms with Gasteiger partial charge >= 0.3 is 0 Å². The van der Waals surface area contributed by atoms with Gasteiger partial charge in [0, 0.05) is 30.9 Å². The molecule has 2 fully saturated rings. The van der Waals surface area contributed by atoms with Crippen LogP contribution >= 0.6 is 0 Å². The number of anilines is 1. The molecule has 0 spiro atoms. The molecule has 2 heterocycles. The predicted molar refractivity (Wildman–Crippen MR) is 96.0 cm³/mol. The van der Waals surface area contributed by atoms with Gasteiger partial charge in [-0.15, -0.1) is 0 Å². The molecule has 2 aliphatic heterocycles. The van der Waals surface area contributed by atoms with Gasteiger partial charge in [0.2, 0.25) is 0 Å². The zero-order chi connectivity index (χ0) is 16.4. The molecule has 0 saturated carbocycles. The van der Waals surface area contributed by atoms with Gasteiger partial charge in [0.05, 0.1) is 11.5 Å². The van der Waals surface area contributed by atoms with Gasteiger partial charge in [0.15, 0.2) is 0 Å². The average Bonchev–Trinajstić information content (AvgIpc) is 2.53. The molecular formula is C18H28N2O2S. The molecule has 0 aromatic heterocycles. The van der Waals surface area contributed by atoms with Gasteiger partial charge < -0.3 is 10.2 Å². The van der Waals surface area contributed by atoms with Crippen molar-refractivity contribution in [2.24, 2.45) is 0 Å². The van der Waals surface area contributed by atoms with Crippen LogP contribution in [-0.4, -0.2) is 45.1 Å². The zero-order valence-electron chi connectivity index (χ0n) is 14.2. The van der Waals surface area contributed by atoms with Crippen molar-refractivity contribution in [1.29, 1.82) is 0 Å². The Balaban J connectivity index is 1.52. The Hall–Kier alpha value is -1.07. The maximum Gasteiger partial charge on any atom is 0.150 e.